The summed E-state index contributed by atoms with van der Waals surface area (Å²) in [4.78, 5) is 11.9. The van der Waals surface area contributed by atoms with Crippen molar-refractivity contribution in [3.63, 3.8) is 0 Å². The number of anilines is 1. The summed E-state index contributed by atoms with van der Waals surface area (Å²) in [6.07, 6.45) is 0. The van der Waals surface area contributed by atoms with E-state index >= 15 is 0 Å². The predicted molar refractivity (Wildman–Crippen MR) is 71.7 cm³/mol. The molecule has 0 bridgehead atoms. The van der Waals surface area contributed by atoms with Gasteiger partial charge in [-0.25, -0.2) is 4.39 Å². The van der Waals surface area contributed by atoms with Gasteiger partial charge >= 0.3 is 0 Å². The summed E-state index contributed by atoms with van der Waals surface area (Å²) in [5, 5.41) is 11.5. The zero-order valence-corrected chi connectivity index (χ0v) is 10.6. The molecule has 98 valence electrons. The molecule has 0 saturated heterocycles. The second-order valence-electron chi connectivity index (χ2n) is 3.94. The highest BCUT2D eigenvalue weighted by molar-refractivity contribution is 6.30. The van der Waals surface area contributed by atoms with Crippen LogP contribution in [-0.4, -0.2) is 11.0 Å². The first-order valence-corrected chi connectivity index (χ1v) is 5.94. The fraction of sp³-hybridized carbons (Fsp3) is 0.0714. The van der Waals surface area contributed by atoms with Crippen LogP contribution < -0.4 is 5.32 Å². The summed E-state index contributed by atoms with van der Waals surface area (Å²) in [5.74, 6) is -1.06. The first-order chi connectivity index (χ1) is 9.10. The van der Waals surface area contributed by atoms with E-state index < -0.39 is 11.7 Å². The third-order valence-corrected chi connectivity index (χ3v) is 2.88. The monoisotopic (exact) mass is 279 g/mol. The average Bonchev–Trinajstić information content (AvgIpc) is 2.42. The Balaban J connectivity index is 2.13. The summed E-state index contributed by atoms with van der Waals surface area (Å²) >= 11 is 5.55. The Labute approximate surface area is 114 Å². The van der Waals surface area contributed by atoms with Crippen LogP contribution in [0.25, 0.3) is 0 Å². The maximum Gasteiger partial charge on any atom is 0.255 e. The molecule has 1 amide bonds. The van der Waals surface area contributed by atoms with Crippen molar-refractivity contribution in [1.82, 2.24) is 0 Å². The van der Waals surface area contributed by atoms with Crippen LogP contribution in [0.1, 0.15) is 15.9 Å². The fourth-order valence-electron chi connectivity index (χ4n) is 1.53. The van der Waals surface area contributed by atoms with E-state index in [1.807, 2.05) is 0 Å². The van der Waals surface area contributed by atoms with Gasteiger partial charge in [-0.2, -0.15) is 0 Å². The van der Waals surface area contributed by atoms with Crippen LogP contribution in [0.5, 0.6) is 0 Å². The molecule has 0 aliphatic heterocycles. The van der Waals surface area contributed by atoms with Crippen molar-refractivity contribution in [2.45, 2.75) is 6.61 Å². The smallest absolute Gasteiger partial charge is 0.255 e. The summed E-state index contributed by atoms with van der Waals surface area (Å²) in [5.41, 5.74) is 1.50. The second-order valence-corrected chi connectivity index (χ2v) is 4.35. The highest BCUT2D eigenvalue weighted by Crippen LogP contribution is 2.17. The van der Waals surface area contributed by atoms with Gasteiger partial charge in [0.1, 0.15) is 5.82 Å². The van der Waals surface area contributed by atoms with Crippen LogP contribution in [0, 0.1) is 5.82 Å². The fourth-order valence-corrected chi connectivity index (χ4v) is 1.65. The standard InChI is InChI=1S/C14H11ClFNO2/c15-12-6-3-10(7-13(12)16)14(19)17-11-4-1-9(8-18)2-5-11/h1-7,18H,8H2,(H,17,19). The lowest BCUT2D eigenvalue weighted by atomic mass is 10.2. The van der Waals surface area contributed by atoms with E-state index in [0.29, 0.717) is 5.69 Å². The number of amides is 1. The molecule has 0 fully saturated rings. The number of benzene rings is 2. The number of nitrogens with one attached hydrogen (secondary N) is 1. The lowest BCUT2D eigenvalue weighted by Crippen LogP contribution is -2.12. The number of rotatable bonds is 3. The van der Waals surface area contributed by atoms with Gasteiger partial charge in [-0.3, -0.25) is 4.79 Å². The topological polar surface area (TPSA) is 49.3 Å². The van der Waals surface area contributed by atoms with Crippen molar-refractivity contribution >= 4 is 23.2 Å². The molecule has 5 heteroatoms. The Morgan fingerprint density at radius 3 is 2.47 bits per heavy atom. The van der Waals surface area contributed by atoms with Crippen LogP contribution >= 0.6 is 11.6 Å². The van der Waals surface area contributed by atoms with Crippen molar-refractivity contribution in [1.29, 1.82) is 0 Å². The molecule has 0 atom stereocenters. The Kier molecular flexibility index (Phi) is 4.14. The van der Waals surface area contributed by atoms with Crippen molar-refractivity contribution < 1.29 is 14.3 Å². The molecule has 0 aliphatic rings. The number of hydrogen-bond acceptors (Lipinski definition) is 2. The summed E-state index contributed by atoms with van der Waals surface area (Å²) in [6, 6.07) is 10.6. The summed E-state index contributed by atoms with van der Waals surface area (Å²) < 4.78 is 13.2. The molecular weight excluding hydrogens is 269 g/mol. The van der Waals surface area contributed by atoms with E-state index in [9.17, 15) is 9.18 Å². The molecule has 2 N–H and O–H groups in total. The van der Waals surface area contributed by atoms with Crippen LogP contribution in [0.4, 0.5) is 10.1 Å². The summed E-state index contributed by atoms with van der Waals surface area (Å²) in [7, 11) is 0. The van der Waals surface area contributed by atoms with Gasteiger partial charge in [-0.15, -0.1) is 0 Å². The van der Waals surface area contributed by atoms with Crippen molar-refractivity contribution in [2.24, 2.45) is 0 Å². The van der Waals surface area contributed by atoms with Gasteiger partial charge in [0.2, 0.25) is 0 Å². The third-order valence-electron chi connectivity index (χ3n) is 2.58. The molecule has 0 saturated carbocycles. The predicted octanol–water partition coefficient (Wildman–Crippen LogP) is 3.22. The molecule has 0 spiro atoms. The van der Waals surface area contributed by atoms with Crippen LogP contribution in [0.15, 0.2) is 42.5 Å². The largest absolute Gasteiger partial charge is 0.392 e. The SMILES string of the molecule is O=C(Nc1ccc(CO)cc1)c1ccc(Cl)c(F)c1. The zero-order chi connectivity index (χ0) is 13.8. The Morgan fingerprint density at radius 1 is 1.21 bits per heavy atom. The lowest BCUT2D eigenvalue weighted by Gasteiger charge is -2.06. The number of carbonyl (C=O) groups excluding carboxylic acids is 1. The van der Waals surface area contributed by atoms with Crippen LogP contribution in [-0.2, 0) is 6.61 Å². The molecule has 2 rings (SSSR count). The Hall–Kier alpha value is -1.91. The van der Waals surface area contributed by atoms with E-state index in [1.54, 1.807) is 24.3 Å². The van der Waals surface area contributed by atoms with Gasteiger partial charge in [-0.1, -0.05) is 23.7 Å². The van der Waals surface area contributed by atoms with Crippen molar-refractivity contribution in [3.8, 4) is 0 Å². The number of hydrogen-bond donors (Lipinski definition) is 2. The molecule has 0 aromatic heterocycles. The molecule has 0 unspecified atom stereocenters. The minimum atomic E-state index is -0.634. The zero-order valence-electron chi connectivity index (χ0n) is 9.86. The molecular formula is C14H11ClFNO2. The molecule has 19 heavy (non-hydrogen) atoms. The van der Waals surface area contributed by atoms with Gasteiger partial charge in [0, 0.05) is 11.3 Å². The van der Waals surface area contributed by atoms with E-state index in [0.717, 1.165) is 11.6 Å². The van der Waals surface area contributed by atoms with Crippen molar-refractivity contribution in [2.75, 3.05) is 5.32 Å². The molecule has 2 aromatic carbocycles. The van der Waals surface area contributed by atoms with Gasteiger partial charge in [0.25, 0.3) is 5.91 Å². The van der Waals surface area contributed by atoms with Crippen molar-refractivity contribution in [3.05, 3.63) is 64.4 Å². The van der Waals surface area contributed by atoms with E-state index in [4.69, 9.17) is 16.7 Å². The molecule has 3 nitrogen and oxygen atoms in total. The highest BCUT2D eigenvalue weighted by Gasteiger charge is 2.09. The number of halogens is 2. The Morgan fingerprint density at radius 2 is 1.89 bits per heavy atom. The average molecular weight is 280 g/mol. The normalized spacial score (nSPS) is 10.3. The van der Waals surface area contributed by atoms with E-state index in [2.05, 4.69) is 5.32 Å². The van der Waals surface area contributed by atoms with E-state index in [1.165, 1.54) is 12.1 Å². The minimum Gasteiger partial charge on any atom is -0.392 e. The molecule has 0 aliphatic carbocycles. The van der Waals surface area contributed by atoms with Crippen LogP contribution in [0.2, 0.25) is 5.02 Å². The number of carbonyl (C=O) groups is 1. The number of aliphatic hydroxyl groups excluding tert-OH is 1. The van der Waals surface area contributed by atoms with Gasteiger partial charge < -0.3 is 10.4 Å². The maximum absolute atomic E-state index is 13.2. The van der Waals surface area contributed by atoms with Crippen LogP contribution in [0.3, 0.4) is 0 Å². The minimum absolute atomic E-state index is 0.0242. The second kappa shape index (κ2) is 5.82. The first kappa shape index (κ1) is 13.5. The summed E-state index contributed by atoms with van der Waals surface area (Å²) in [6.45, 7) is -0.0589. The Bertz CT molecular complexity index is 599. The number of aliphatic hydroxyl groups is 1. The van der Waals surface area contributed by atoms with Gasteiger partial charge in [-0.05, 0) is 35.9 Å². The quantitative estimate of drug-likeness (QED) is 0.906. The van der Waals surface area contributed by atoms with Gasteiger partial charge in [0.15, 0.2) is 0 Å². The lowest BCUT2D eigenvalue weighted by molar-refractivity contribution is 0.102. The van der Waals surface area contributed by atoms with Gasteiger partial charge in [0.05, 0.1) is 11.6 Å². The highest BCUT2D eigenvalue weighted by atomic mass is 35.5. The molecule has 0 radical (unpaired) electrons. The molecule has 2 aromatic rings. The van der Waals surface area contributed by atoms with E-state index in [-0.39, 0.29) is 17.2 Å². The molecule has 0 heterocycles. The maximum atomic E-state index is 13.2. The third kappa shape index (κ3) is 3.30. The first-order valence-electron chi connectivity index (χ1n) is 5.56.